The molecule has 0 aliphatic carbocycles. The molecular weight excluding hydrogens is 314 g/mol. The van der Waals surface area contributed by atoms with E-state index >= 15 is 0 Å². The van der Waals surface area contributed by atoms with Gasteiger partial charge in [-0.05, 0) is 54.6 Å². The molecule has 0 atom stereocenters. The Morgan fingerprint density at radius 2 is 1.84 bits per heavy atom. The van der Waals surface area contributed by atoms with Gasteiger partial charge in [-0.2, -0.15) is 0 Å². The Bertz CT molecular complexity index is 909. The zero-order valence-electron chi connectivity index (χ0n) is 14.1. The summed E-state index contributed by atoms with van der Waals surface area (Å²) in [5.41, 5.74) is 3.90. The van der Waals surface area contributed by atoms with Crippen molar-refractivity contribution in [1.82, 2.24) is 4.57 Å². The van der Waals surface area contributed by atoms with E-state index in [1.165, 1.54) is 0 Å². The van der Waals surface area contributed by atoms with Crippen LogP contribution in [0.3, 0.4) is 0 Å². The fourth-order valence-corrected chi connectivity index (χ4v) is 2.50. The first-order valence-corrected chi connectivity index (χ1v) is 7.87. The molecule has 0 fully saturated rings. The highest BCUT2D eigenvalue weighted by atomic mass is 16.4. The van der Waals surface area contributed by atoms with Crippen molar-refractivity contribution >= 4 is 23.6 Å². The van der Waals surface area contributed by atoms with Gasteiger partial charge in [0, 0.05) is 31.7 Å². The molecule has 2 aromatic carbocycles. The quantitative estimate of drug-likeness (QED) is 0.718. The molecule has 25 heavy (non-hydrogen) atoms. The summed E-state index contributed by atoms with van der Waals surface area (Å²) in [5, 5.41) is 9.15. The Morgan fingerprint density at radius 3 is 2.52 bits per heavy atom. The summed E-state index contributed by atoms with van der Waals surface area (Å²) in [6.07, 6.45) is 3.66. The molecule has 0 unspecified atom stereocenters. The average Bonchev–Trinajstić information content (AvgIpc) is 3.09. The summed E-state index contributed by atoms with van der Waals surface area (Å²) in [7, 11) is 3.99. The lowest BCUT2D eigenvalue weighted by atomic mass is 10.2. The van der Waals surface area contributed by atoms with Crippen molar-refractivity contribution in [3.63, 3.8) is 0 Å². The van der Waals surface area contributed by atoms with Crippen molar-refractivity contribution in [3.05, 3.63) is 78.1 Å². The van der Waals surface area contributed by atoms with Gasteiger partial charge in [0.2, 0.25) is 0 Å². The second-order valence-electron chi connectivity index (χ2n) is 5.83. The van der Waals surface area contributed by atoms with Gasteiger partial charge in [0.15, 0.2) is 0 Å². The molecule has 0 saturated heterocycles. The molecule has 5 nitrogen and oxygen atoms in total. The van der Waals surface area contributed by atoms with E-state index in [1.54, 1.807) is 24.4 Å². The molecule has 0 aliphatic rings. The van der Waals surface area contributed by atoms with Crippen LogP contribution in [0.25, 0.3) is 5.69 Å². The summed E-state index contributed by atoms with van der Waals surface area (Å²) in [6.45, 7) is 0. The van der Waals surface area contributed by atoms with Gasteiger partial charge in [-0.15, -0.1) is 0 Å². The topological polar surface area (TPSA) is 57.8 Å². The highest BCUT2D eigenvalue weighted by Crippen LogP contribution is 2.19. The number of hydrogen-bond acceptors (Lipinski definition) is 3. The molecule has 0 amide bonds. The first kappa shape index (κ1) is 16.5. The van der Waals surface area contributed by atoms with E-state index in [1.807, 2.05) is 72.2 Å². The van der Waals surface area contributed by atoms with E-state index in [4.69, 9.17) is 5.11 Å². The molecule has 0 spiro atoms. The maximum atomic E-state index is 11.2. The minimum absolute atomic E-state index is 0.258. The van der Waals surface area contributed by atoms with Crippen LogP contribution in [-0.2, 0) is 0 Å². The van der Waals surface area contributed by atoms with E-state index < -0.39 is 5.97 Å². The number of aromatic nitrogens is 1. The van der Waals surface area contributed by atoms with Crippen molar-refractivity contribution in [2.75, 3.05) is 19.0 Å². The molecule has 3 aromatic rings. The number of anilines is 1. The molecule has 1 aromatic heterocycles. The summed E-state index contributed by atoms with van der Waals surface area (Å²) in [6, 6.07) is 18.6. The van der Waals surface area contributed by atoms with Crippen LogP contribution in [0.15, 0.2) is 71.9 Å². The smallest absolute Gasteiger partial charge is 0.335 e. The predicted molar refractivity (Wildman–Crippen MR) is 101 cm³/mol. The molecule has 0 radical (unpaired) electrons. The third-order valence-electron chi connectivity index (χ3n) is 3.86. The van der Waals surface area contributed by atoms with Gasteiger partial charge in [0.1, 0.15) is 0 Å². The molecule has 3 rings (SSSR count). The normalized spacial score (nSPS) is 11.0. The number of carboxylic acids is 1. The summed E-state index contributed by atoms with van der Waals surface area (Å²) >= 11 is 0. The first-order chi connectivity index (χ1) is 12.0. The van der Waals surface area contributed by atoms with Crippen LogP contribution < -0.4 is 4.90 Å². The van der Waals surface area contributed by atoms with Crippen molar-refractivity contribution in [2.24, 2.45) is 4.99 Å². The molecule has 1 heterocycles. The Kier molecular flexibility index (Phi) is 4.66. The molecular formula is C20H19N3O2. The summed E-state index contributed by atoms with van der Waals surface area (Å²) in [4.78, 5) is 17.7. The zero-order chi connectivity index (χ0) is 17.8. The lowest BCUT2D eigenvalue weighted by Crippen LogP contribution is -2.07. The second-order valence-corrected chi connectivity index (χ2v) is 5.83. The lowest BCUT2D eigenvalue weighted by molar-refractivity contribution is 0.0697. The number of aromatic carboxylic acids is 1. The largest absolute Gasteiger partial charge is 0.478 e. The van der Waals surface area contributed by atoms with Crippen LogP contribution in [0.2, 0.25) is 0 Å². The predicted octanol–water partition coefficient (Wildman–Crippen LogP) is 3.99. The monoisotopic (exact) mass is 333 g/mol. The molecule has 0 saturated carbocycles. The molecule has 5 heteroatoms. The van der Waals surface area contributed by atoms with Gasteiger partial charge in [0.25, 0.3) is 0 Å². The number of benzene rings is 2. The first-order valence-electron chi connectivity index (χ1n) is 7.87. The van der Waals surface area contributed by atoms with E-state index in [2.05, 4.69) is 4.99 Å². The highest BCUT2D eigenvalue weighted by molar-refractivity contribution is 5.88. The van der Waals surface area contributed by atoms with Gasteiger partial charge in [-0.1, -0.05) is 6.07 Å². The minimum atomic E-state index is -0.940. The Labute approximate surface area is 146 Å². The molecule has 1 N–H and O–H groups in total. The number of nitrogens with zero attached hydrogens (tertiary/aromatic N) is 3. The van der Waals surface area contributed by atoms with Crippen LogP contribution in [-0.4, -0.2) is 36.0 Å². The van der Waals surface area contributed by atoms with Crippen molar-refractivity contribution in [3.8, 4) is 5.69 Å². The number of carboxylic acid groups (broad SMARTS) is 1. The third kappa shape index (κ3) is 3.77. The average molecular weight is 333 g/mol. The molecule has 0 bridgehead atoms. The maximum absolute atomic E-state index is 11.2. The number of hydrogen-bond donors (Lipinski definition) is 1. The van der Waals surface area contributed by atoms with Gasteiger partial charge in [-0.3, -0.25) is 4.99 Å². The number of rotatable bonds is 5. The zero-order valence-corrected chi connectivity index (χ0v) is 14.1. The maximum Gasteiger partial charge on any atom is 0.335 e. The fourth-order valence-electron chi connectivity index (χ4n) is 2.50. The van der Waals surface area contributed by atoms with Crippen LogP contribution in [0.1, 0.15) is 16.1 Å². The third-order valence-corrected chi connectivity index (χ3v) is 3.86. The minimum Gasteiger partial charge on any atom is -0.478 e. The van der Waals surface area contributed by atoms with Crippen LogP contribution >= 0.6 is 0 Å². The second kappa shape index (κ2) is 7.05. The van der Waals surface area contributed by atoms with Crippen LogP contribution in [0.4, 0.5) is 11.4 Å². The summed E-state index contributed by atoms with van der Waals surface area (Å²) < 4.78 is 1.91. The van der Waals surface area contributed by atoms with E-state index in [0.29, 0.717) is 0 Å². The Balaban J connectivity index is 1.87. The van der Waals surface area contributed by atoms with Gasteiger partial charge in [-0.25, -0.2) is 4.79 Å². The lowest BCUT2D eigenvalue weighted by Gasteiger charge is -2.11. The SMILES string of the molecule is CN(C)c1ccc(N=Cc2cccn2-c2cccc(C(=O)O)c2)cc1. The Morgan fingerprint density at radius 1 is 1.08 bits per heavy atom. The van der Waals surface area contributed by atoms with E-state index in [-0.39, 0.29) is 5.56 Å². The highest BCUT2D eigenvalue weighted by Gasteiger charge is 2.06. The molecule has 126 valence electrons. The summed E-state index contributed by atoms with van der Waals surface area (Å²) in [5.74, 6) is -0.940. The van der Waals surface area contributed by atoms with Gasteiger partial charge in [0.05, 0.1) is 23.2 Å². The standard InChI is InChI=1S/C20H19N3O2/c1-22(2)17-10-8-16(9-11-17)21-14-19-7-4-12-23(19)18-6-3-5-15(13-18)20(24)25/h3-14H,1-2H3,(H,24,25). The van der Waals surface area contributed by atoms with E-state index in [0.717, 1.165) is 22.8 Å². The van der Waals surface area contributed by atoms with E-state index in [9.17, 15) is 4.79 Å². The molecule has 0 aliphatic heterocycles. The van der Waals surface area contributed by atoms with Crippen LogP contribution in [0, 0.1) is 0 Å². The fraction of sp³-hybridized carbons (Fsp3) is 0.100. The van der Waals surface area contributed by atoms with Crippen molar-refractivity contribution in [2.45, 2.75) is 0 Å². The Hall–Kier alpha value is -3.34. The van der Waals surface area contributed by atoms with Gasteiger partial charge < -0.3 is 14.6 Å². The number of aliphatic imine (C=N–C) groups is 1. The van der Waals surface area contributed by atoms with Crippen molar-refractivity contribution < 1.29 is 9.90 Å². The van der Waals surface area contributed by atoms with Crippen LogP contribution in [0.5, 0.6) is 0 Å². The van der Waals surface area contributed by atoms with Gasteiger partial charge >= 0.3 is 5.97 Å². The number of carbonyl (C=O) groups is 1. The van der Waals surface area contributed by atoms with Crippen molar-refractivity contribution in [1.29, 1.82) is 0 Å².